The highest BCUT2D eigenvalue weighted by Gasteiger charge is 2.36. The zero-order valence-electron chi connectivity index (χ0n) is 24.5. The van der Waals surface area contributed by atoms with Crippen LogP contribution in [0.15, 0.2) is 83.3 Å². The van der Waals surface area contributed by atoms with E-state index in [0.717, 1.165) is 62.4 Å². The van der Waals surface area contributed by atoms with Gasteiger partial charge in [-0.25, -0.2) is 8.70 Å². The lowest BCUT2D eigenvalue weighted by molar-refractivity contribution is -0.140. The lowest BCUT2D eigenvalue weighted by Gasteiger charge is -2.35. The van der Waals surface area contributed by atoms with Crippen molar-refractivity contribution in [1.29, 1.82) is 0 Å². The van der Waals surface area contributed by atoms with E-state index >= 15 is 0 Å². The van der Waals surface area contributed by atoms with E-state index in [4.69, 9.17) is 0 Å². The molecule has 0 radical (unpaired) electrons. The minimum atomic E-state index is -4.28. The molecule has 1 atom stereocenters. The van der Waals surface area contributed by atoms with Crippen LogP contribution in [0.25, 0.3) is 0 Å². The Labute approximate surface area is 262 Å². The number of amides is 2. The molecule has 2 amide bonds. The van der Waals surface area contributed by atoms with Crippen molar-refractivity contribution in [3.63, 3.8) is 0 Å². The number of carbonyl (C=O) groups excluding carboxylic acids is 2. The molecule has 1 N–H and O–H groups in total. The maximum Gasteiger partial charge on any atom is 0.304 e. The zero-order valence-corrected chi connectivity index (χ0v) is 26.9. The number of para-hydroxylation sites is 1. The molecule has 0 bridgehead atoms. The summed E-state index contributed by atoms with van der Waals surface area (Å²) in [5.41, 5.74) is 1.36. The number of halogens is 2. The molecule has 230 valence electrons. The number of nitrogens with one attached hydrogen (secondary N) is 1. The first-order valence-corrected chi connectivity index (χ1v) is 16.6. The summed E-state index contributed by atoms with van der Waals surface area (Å²) >= 11 is 3.43. The molecule has 1 aliphatic rings. The first kappa shape index (κ1) is 32.6. The number of benzene rings is 3. The van der Waals surface area contributed by atoms with Gasteiger partial charge in [-0.1, -0.05) is 89.8 Å². The van der Waals surface area contributed by atoms with Crippen molar-refractivity contribution >= 4 is 43.6 Å². The Morgan fingerprint density at radius 2 is 1.53 bits per heavy atom. The fourth-order valence-corrected chi connectivity index (χ4v) is 6.57. The summed E-state index contributed by atoms with van der Waals surface area (Å²) in [6, 6.07) is 21.3. The number of hydrogen-bond donors (Lipinski definition) is 1. The van der Waals surface area contributed by atoms with Crippen LogP contribution >= 0.6 is 15.9 Å². The summed E-state index contributed by atoms with van der Waals surface area (Å²) in [6.07, 6.45) is 5.13. The van der Waals surface area contributed by atoms with Crippen LogP contribution in [-0.2, 0) is 32.8 Å². The summed E-state index contributed by atoms with van der Waals surface area (Å²) in [7, 11) is -1.63. The summed E-state index contributed by atoms with van der Waals surface area (Å²) in [6.45, 7) is -0.644. The van der Waals surface area contributed by atoms with Crippen molar-refractivity contribution < 1.29 is 22.4 Å². The third kappa shape index (κ3) is 8.64. The summed E-state index contributed by atoms with van der Waals surface area (Å²) in [4.78, 5) is 29.7. The van der Waals surface area contributed by atoms with Crippen molar-refractivity contribution in [2.24, 2.45) is 0 Å². The Morgan fingerprint density at radius 3 is 2.16 bits per heavy atom. The molecular formula is C32H38BrFN4O4S. The van der Waals surface area contributed by atoms with Gasteiger partial charge in [0.05, 0.1) is 5.69 Å². The number of rotatable bonds is 12. The Balaban J connectivity index is 1.75. The normalized spacial score (nSPS) is 14.7. The molecule has 0 heterocycles. The van der Waals surface area contributed by atoms with E-state index in [0.29, 0.717) is 0 Å². The highest BCUT2D eigenvalue weighted by atomic mass is 79.9. The molecule has 1 aliphatic carbocycles. The Morgan fingerprint density at radius 1 is 0.907 bits per heavy atom. The van der Waals surface area contributed by atoms with Crippen LogP contribution in [0.3, 0.4) is 0 Å². The maximum absolute atomic E-state index is 15.0. The topological polar surface area (TPSA) is 90.0 Å². The Hall–Kier alpha value is -3.28. The minimum absolute atomic E-state index is 0.00758. The fraction of sp³-hybridized carbons (Fsp3) is 0.375. The van der Waals surface area contributed by atoms with Crippen molar-refractivity contribution in [3.8, 4) is 0 Å². The van der Waals surface area contributed by atoms with E-state index in [1.807, 2.05) is 54.6 Å². The van der Waals surface area contributed by atoms with Gasteiger partial charge in [0.15, 0.2) is 0 Å². The molecule has 0 aromatic heterocycles. The largest absolute Gasteiger partial charge is 0.352 e. The predicted octanol–water partition coefficient (Wildman–Crippen LogP) is 5.29. The standard InChI is InChI=1S/C32H38BrFN4O4S/c1-36(2)43(41,42)38(29-16-10-9-15-28(29)34)23-31(39)37(22-25-17-19-26(33)20-18-25)30(21-24-11-5-3-6-12-24)32(40)35-27-13-7-4-8-14-27/h3,5-6,9-12,15-20,27,30H,4,7-8,13-14,21-23H2,1-2H3,(H,35,40). The second kappa shape index (κ2) is 14.9. The molecule has 3 aromatic rings. The van der Waals surface area contributed by atoms with Crippen LogP contribution in [0.2, 0.25) is 0 Å². The SMILES string of the molecule is CN(C)S(=O)(=O)N(CC(=O)N(Cc1ccc(Br)cc1)C(Cc1ccccc1)C(=O)NC1CCCCC1)c1ccccc1F. The molecule has 1 fully saturated rings. The zero-order chi connectivity index (χ0) is 31.0. The van der Waals surface area contributed by atoms with Crippen molar-refractivity contribution in [3.05, 3.63) is 100 Å². The van der Waals surface area contributed by atoms with E-state index < -0.39 is 34.5 Å². The Bertz CT molecular complexity index is 1480. The van der Waals surface area contributed by atoms with Gasteiger partial charge in [-0.2, -0.15) is 12.7 Å². The number of nitrogens with zero attached hydrogens (tertiary/aromatic N) is 3. The van der Waals surface area contributed by atoms with E-state index in [1.165, 1.54) is 37.2 Å². The van der Waals surface area contributed by atoms with Gasteiger partial charge in [0.1, 0.15) is 18.4 Å². The van der Waals surface area contributed by atoms with Crippen LogP contribution in [0.1, 0.15) is 43.2 Å². The van der Waals surface area contributed by atoms with Gasteiger partial charge >= 0.3 is 10.2 Å². The third-order valence-corrected chi connectivity index (χ3v) is 9.96. The molecule has 4 rings (SSSR count). The van der Waals surface area contributed by atoms with E-state index in [1.54, 1.807) is 0 Å². The Kier molecular flexibility index (Phi) is 11.3. The highest BCUT2D eigenvalue weighted by Crippen LogP contribution is 2.25. The number of carbonyl (C=O) groups is 2. The van der Waals surface area contributed by atoms with E-state index in [-0.39, 0.29) is 30.6 Å². The van der Waals surface area contributed by atoms with Crippen molar-refractivity contribution in [2.75, 3.05) is 24.9 Å². The quantitative estimate of drug-likeness (QED) is 0.283. The van der Waals surface area contributed by atoms with Gasteiger partial charge in [-0.3, -0.25) is 9.59 Å². The lowest BCUT2D eigenvalue weighted by atomic mass is 9.94. The van der Waals surface area contributed by atoms with Crippen LogP contribution < -0.4 is 9.62 Å². The van der Waals surface area contributed by atoms with Gasteiger partial charge in [-0.15, -0.1) is 0 Å². The molecule has 1 unspecified atom stereocenters. The third-order valence-electron chi connectivity index (χ3n) is 7.63. The van der Waals surface area contributed by atoms with Crippen LogP contribution in [0.4, 0.5) is 10.1 Å². The molecule has 43 heavy (non-hydrogen) atoms. The number of anilines is 1. The van der Waals surface area contributed by atoms with E-state index in [9.17, 15) is 22.4 Å². The monoisotopic (exact) mass is 672 g/mol. The molecule has 3 aromatic carbocycles. The first-order chi connectivity index (χ1) is 20.6. The molecule has 8 nitrogen and oxygen atoms in total. The first-order valence-electron chi connectivity index (χ1n) is 14.4. The van der Waals surface area contributed by atoms with Gasteiger partial charge in [0.25, 0.3) is 0 Å². The molecule has 0 aliphatic heterocycles. The fourth-order valence-electron chi connectivity index (χ4n) is 5.24. The van der Waals surface area contributed by atoms with Crippen LogP contribution in [-0.4, -0.2) is 62.2 Å². The molecule has 0 saturated heterocycles. The minimum Gasteiger partial charge on any atom is -0.352 e. The van der Waals surface area contributed by atoms with Gasteiger partial charge < -0.3 is 10.2 Å². The highest BCUT2D eigenvalue weighted by molar-refractivity contribution is 9.10. The molecule has 1 saturated carbocycles. The second-order valence-corrected chi connectivity index (χ2v) is 13.9. The number of hydrogen-bond acceptors (Lipinski definition) is 4. The van der Waals surface area contributed by atoms with Crippen LogP contribution in [0, 0.1) is 5.82 Å². The smallest absolute Gasteiger partial charge is 0.304 e. The summed E-state index contributed by atoms with van der Waals surface area (Å²) < 4.78 is 44.4. The van der Waals surface area contributed by atoms with Crippen LogP contribution in [0.5, 0.6) is 0 Å². The summed E-state index contributed by atoms with van der Waals surface area (Å²) in [5.74, 6) is -1.71. The molecular weight excluding hydrogens is 635 g/mol. The van der Waals surface area contributed by atoms with Gasteiger partial charge in [-0.05, 0) is 48.2 Å². The average Bonchev–Trinajstić information content (AvgIpc) is 3.00. The van der Waals surface area contributed by atoms with E-state index in [2.05, 4.69) is 21.2 Å². The predicted molar refractivity (Wildman–Crippen MR) is 170 cm³/mol. The maximum atomic E-state index is 15.0. The van der Waals surface area contributed by atoms with Crippen molar-refractivity contribution in [1.82, 2.24) is 14.5 Å². The molecule has 11 heteroatoms. The van der Waals surface area contributed by atoms with Gasteiger partial charge in [0, 0.05) is 37.6 Å². The average molecular weight is 674 g/mol. The second-order valence-electron chi connectivity index (χ2n) is 10.9. The lowest BCUT2D eigenvalue weighted by Crippen LogP contribution is -2.55. The molecule has 0 spiro atoms. The summed E-state index contributed by atoms with van der Waals surface area (Å²) in [5, 5.41) is 3.17. The van der Waals surface area contributed by atoms with Gasteiger partial charge in [0.2, 0.25) is 11.8 Å². The van der Waals surface area contributed by atoms with Crippen molar-refractivity contribution in [2.45, 2.75) is 57.2 Å².